The molecule has 11 rings (SSSR count). The van der Waals surface area contributed by atoms with E-state index in [9.17, 15) is 19.2 Å². The Labute approximate surface area is 316 Å². The maximum absolute atomic E-state index is 14.1. The molecule has 5 fully saturated rings. The second-order valence-corrected chi connectivity index (χ2v) is 21.3. The van der Waals surface area contributed by atoms with Gasteiger partial charge >= 0.3 is 5.97 Å². The molecule has 0 saturated carbocycles. The van der Waals surface area contributed by atoms with E-state index in [1.165, 1.54) is 117 Å². The van der Waals surface area contributed by atoms with E-state index in [-0.39, 0.29) is 36.8 Å². The summed E-state index contributed by atoms with van der Waals surface area (Å²) in [7, 11) is -2.33. The summed E-state index contributed by atoms with van der Waals surface area (Å²) in [5.41, 5.74) is 5.27. The minimum Gasteiger partial charge on any atom is -0.441 e. The zero-order valence-corrected chi connectivity index (χ0v) is 31.6. The Bertz CT molecular complexity index is 2050. The van der Waals surface area contributed by atoms with Gasteiger partial charge in [0.15, 0.2) is 5.60 Å². The van der Waals surface area contributed by atoms with Crippen molar-refractivity contribution in [2.45, 2.75) is 112 Å². The highest BCUT2D eigenvalue weighted by Crippen LogP contribution is 2.53. The van der Waals surface area contributed by atoms with Gasteiger partial charge in [0.1, 0.15) is 8.07 Å². The normalized spacial score (nSPS) is 29.4. The standard InChI is InChI=1S/C44H46N4O5Si/c49-40-18-19-41(50)46(40)21-20-45-42(51)27-4-15-34-37(24-27)44(53-43(34)52)35-16-13-32(47-28-5-6-29(47)8-7-28)25-38(35)54(22-2-1-3-23-54)39-26-33(14-17-36(39)44)48-30-9-10-31(48)12-11-30/h4,13-19,24-26,28-31H,1-3,5-12,20-23H2,(H,45,51). The lowest BCUT2D eigenvalue weighted by molar-refractivity contribution is -0.136. The third kappa shape index (κ3) is 4.49. The summed E-state index contributed by atoms with van der Waals surface area (Å²) in [4.78, 5) is 58.6. The van der Waals surface area contributed by atoms with Crippen LogP contribution in [0.4, 0.5) is 11.4 Å². The molecule has 8 aliphatic heterocycles. The number of esters is 1. The Morgan fingerprint density at radius 3 is 1.76 bits per heavy atom. The first kappa shape index (κ1) is 32.7. The Morgan fingerprint density at radius 2 is 1.22 bits per heavy atom. The van der Waals surface area contributed by atoms with Crippen LogP contribution in [0.3, 0.4) is 0 Å². The van der Waals surface area contributed by atoms with E-state index in [0.717, 1.165) is 21.6 Å². The number of hydrogen-bond acceptors (Lipinski definition) is 7. The molecule has 0 aliphatic carbocycles. The first-order valence-corrected chi connectivity index (χ1v) is 22.8. The lowest BCUT2D eigenvalue weighted by Crippen LogP contribution is -2.67. The summed E-state index contributed by atoms with van der Waals surface area (Å²) < 4.78 is 6.83. The smallest absolute Gasteiger partial charge is 0.340 e. The van der Waals surface area contributed by atoms with E-state index in [0.29, 0.717) is 35.3 Å². The number of amides is 3. The van der Waals surface area contributed by atoms with Crippen molar-refractivity contribution in [2.24, 2.45) is 0 Å². The number of nitrogens with zero attached hydrogens (tertiary/aromatic N) is 3. The van der Waals surface area contributed by atoms with Gasteiger partial charge in [0.2, 0.25) is 0 Å². The highest BCUT2D eigenvalue weighted by atomic mass is 28.3. The van der Waals surface area contributed by atoms with Gasteiger partial charge in [-0.2, -0.15) is 0 Å². The fraction of sp³-hybridized carbons (Fsp3) is 0.455. The molecule has 3 amide bonds. The number of anilines is 2. The summed E-state index contributed by atoms with van der Waals surface area (Å²) in [6.07, 6.45) is 16.2. The Hall–Kier alpha value is -4.70. The molecule has 0 atom stereocenters. The largest absolute Gasteiger partial charge is 0.441 e. The number of ether oxygens (including phenoxy) is 1. The van der Waals surface area contributed by atoms with Crippen molar-refractivity contribution in [1.29, 1.82) is 0 Å². The lowest BCUT2D eigenvalue weighted by atomic mass is 9.78. The predicted molar refractivity (Wildman–Crippen MR) is 208 cm³/mol. The molecule has 5 saturated heterocycles. The van der Waals surface area contributed by atoms with E-state index in [2.05, 4.69) is 51.5 Å². The average Bonchev–Trinajstić information content (AvgIpc) is 4.08. The summed E-state index contributed by atoms with van der Waals surface area (Å²) in [6.45, 7) is 0.209. The number of fused-ring (bicyclic) bond motifs is 12. The maximum Gasteiger partial charge on any atom is 0.340 e. The fourth-order valence-corrected chi connectivity index (χ4v) is 18.0. The molecule has 2 spiro atoms. The van der Waals surface area contributed by atoms with Crippen molar-refractivity contribution in [1.82, 2.24) is 10.2 Å². The van der Waals surface area contributed by atoms with E-state index < -0.39 is 13.7 Å². The first-order chi connectivity index (χ1) is 26.4. The van der Waals surface area contributed by atoms with Crippen molar-refractivity contribution in [3.8, 4) is 0 Å². The zero-order chi connectivity index (χ0) is 36.3. The molecule has 276 valence electrons. The van der Waals surface area contributed by atoms with Crippen molar-refractivity contribution in [2.75, 3.05) is 22.9 Å². The van der Waals surface area contributed by atoms with Crippen LogP contribution < -0.4 is 25.5 Å². The minimum atomic E-state index is -2.33. The van der Waals surface area contributed by atoms with E-state index in [1.54, 1.807) is 12.1 Å². The van der Waals surface area contributed by atoms with Gasteiger partial charge in [-0.25, -0.2) is 4.79 Å². The van der Waals surface area contributed by atoms with Crippen LogP contribution in [0.1, 0.15) is 108 Å². The van der Waals surface area contributed by atoms with Gasteiger partial charge < -0.3 is 19.9 Å². The zero-order valence-electron chi connectivity index (χ0n) is 30.6. The second kappa shape index (κ2) is 11.9. The van der Waals surface area contributed by atoms with Gasteiger partial charge in [0.05, 0.1) is 5.56 Å². The number of carbonyl (C=O) groups excluding carboxylic acids is 4. The Morgan fingerprint density at radius 1 is 0.685 bits per heavy atom. The van der Waals surface area contributed by atoms with E-state index >= 15 is 0 Å². The van der Waals surface area contributed by atoms with Crippen LogP contribution >= 0.6 is 0 Å². The number of nitrogens with one attached hydrogen (secondary N) is 1. The van der Waals surface area contributed by atoms with Crippen LogP contribution in [0.2, 0.25) is 12.1 Å². The molecule has 9 nitrogen and oxygen atoms in total. The van der Waals surface area contributed by atoms with Gasteiger partial charge in [-0.1, -0.05) is 31.4 Å². The molecular weight excluding hydrogens is 693 g/mol. The highest BCUT2D eigenvalue weighted by molar-refractivity contribution is 7.03. The Kier molecular flexibility index (Phi) is 7.20. The minimum absolute atomic E-state index is 0.0858. The number of benzene rings is 3. The number of carbonyl (C=O) groups is 4. The average molecular weight is 739 g/mol. The van der Waals surface area contributed by atoms with Gasteiger partial charge in [0.25, 0.3) is 17.7 Å². The molecule has 8 aliphatic rings. The number of imide groups is 1. The Balaban J connectivity index is 1.07. The molecule has 0 unspecified atom stereocenters. The van der Waals surface area contributed by atoms with Crippen molar-refractivity contribution in [3.05, 3.63) is 94.6 Å². The summed E-state index contributed by atoms with van der Waals surface area (Å²) in [5, 5.41) is 5.75. The third-order valence-electron chi connectivity index (χ3n) is 14.7. The van der Waals surface area contributed by atoms with Crippen LogP contribution in [0.5, 0.6) is 0 Å². The fourth-order valence-electron chi connectivity index (χ4n) is 12.3. The molecule has 0 aromatic heterocycles. The van der Waals surface area contributed by atoms with Crippen LogP contribution in [-0.4, -0.2) is 73.9 Å². The van der Waals surface area contributed by atoms with Crippen LogP contribution in [0, 0.1) is 0 Å². The molecule has 54 heavy (non-hydrogen) atoms. The monoisotopic (exact) mass is 738 g/mol. The van der Waals surface area contributed by atoms with Crippen LogP contribution in [0.15, 0.2) is 66.7 Å². The topological polar surface area (TPSA) is 99.3 Å². The predicted octanol–water partition coefficient (Wildman–Crippen LogP) is 5.13. The van der Waals surface area contributed by atoms with E-state index in [4.69, 9.17) is 4.74 Å². The molecule has 0 radical (unpaired) electrons. The number of hydrogen-bond donors (Lipinski definition) is 1. The van der Waals surface area contributed by atoms with Gasteiger partial charge in [-0.3, -0.25) is 19.3 Å². The third-order valence-corrected chi connectivity index (χ3v) is 20.0. The molecule has 3 aromatic rings. The molecule has 10 heteroatoms. The summed E-state index contributed by atoms with van der Waals surface area (Å²) in [6, 6.07) is 24.3. The quantitative estimate of drug-likeness (QED) is 0.213. The van der Waals surface area contributed by atoms with Gasteiger partial charge in [-0.15, -0.1) is 0 Å². The highest BCUT2D eigenvalue weighted by Gasteiger charge is 2.59. The van der Waals surface area contributed by atoms with Crippen LogP contribution in [0.25, 0.3) is 0 Å². The van der Waals surface area contributed by atoms with Gasteiger partial charge in [-0.05, 0) is 116 Å². The maximum atomic E-state index is 14.1. The number of rotatable bonds is 6. The molecule has 8 heterocycles. The summed E-state index contributed by atoms with van der Waals surface area (Å²) in [5.74, 6) is -1.44. The summed E-state index contributed by atoms with van der Waals surface area (Å²) >= 11 is 0. The van der Waals surface area contributed by atoms with Crippen molar-refractivity contribution < 1.29 is 23.9 Å². The molecule has 4 bridgehead atoms. The molecule has 3 aromatic carbocycles. The molecule has 1 N–H and O–H groups in total. The van der Waals surface area contributed by atoms with Crippen molar-refractivity contribution >= 4 is 53.5 Å². The van der Waals surface area contributed by atoms with Gasteiger partial charge in [0, 0.05) is 83.0 Å². The lowest BCUT2D eigenvalue weighted by Gasteiger charge is -2.49. The first-order valence-electron chi connectivity index (χ1n) is 20.4. The van der Waals surface area contributed by atoms with Crippen LogP contribution in [-0.2, 0) is 19.9 Å². The molecular formula is C44H46N4O5Si. The SMILES string of the molecule is O=C(NCCN1C(=O)C=CC1=O)c1ccc2c(c1)C1(OC2=O)c2ccc(N3C4CCC3CC4)cc2[Si]2(CCCCC2)c2cc(N3C4CCC3CC4)ccc21. The van der Waals surface area contributed by atoms with Crippen molar-refractivity contribution in [3.63, 3.8) is 0 Å². The van der Waals surface area contributed by atoms with E-state index in [1.807, 2.05) is 6.07 Å². The second-order valence-electron chi connectivity index (χ2n) is 17.1.